The van der Waals surface area contributed by atoms with Crippen molar-refractivity contribution in [3.63, 3.8) is 0 Å². The van der Waals surface area contributed by atoms with Crippen LogP contribution in [0.5, 0.6) is 0 Å². The summed E-state index contributed by atoms with van der Waals surface area (Å²) >= 11 is 0. The third-order valence-electron chi connectivity index (χ3n) is 0.758. The molecule has 0 spiro atoms. The lowest BCUT2D eigenvalue weighted by molar-refractivity contribution is 0.0650. The van der Waals surface area contributed by atoms with Crippen LogP contribution in [0.15, 0.2) is 0 Å². The zero-order valence-electron chi connectivity index (χ0n) is 7.73. The summed E-state index contributed by atoms with van der Waals surface area (Å²) in [6, 6.07) is 0. The van der Waals surface area contributed by atoms with Crippen molar-refractivity contribution < 1.29 is 24.5 Å². The largest absolute Gasteiger partial charge is 0.450 e. The van der Waals surface area contributed by atoms with E-state index in [0.717, 1.165) is 0 Å². The summed E-state index contributed by atoms with van der Waals surface area (Å²) < 4.78 is 8.81. The Hall–Kier alpha value is -0.850. The van der Waals surface area contributed by atoms with E-state index in [0.29, 0.717) is 19.8 Å². The number of amides is 1. The van der Waals surface area contributed by atoms with Crippen LogP contribution in [-0.2, 0) is 9.47 Å². The number of aliphatic hydroxyl groups excluding tert-OH is 2. The summed E-state index contributed by atoms with van der Waals surface area (Å²) in [6.45, 7) is 2.75. The number of hydrogen-bond acceptors (Lipinski definition) is 5. The van der Waals surface area contributed by atoms with Gasteiger partial charge in [0, 0.05) is 0 Å². The molecule has 0 aliphatic heterocycles. The molecule has 6 heteroatoms. The molecule has 0 unspecified atom stereocenters. The van der Waals surface area contributed by atoms with Gasteiger partial charge in [-0.15, -0.1) is 0 Å². The van der Waals surface area contributed by atoms with Crippen LogP contribution >= 0.6 is 0 Å². The van der Waals surface area contributed by atoms with Gasteiger partial charge in [0.15, 0.2) is 0 Å². The highest BCUT2D eigenvalue weighted by molar-refractivity contribution is 5.64. The zero-order valence-corrected chi connectivity index (χ0v) is 7.73. The Morgan fingerprint density at radius 1 is 1.31 bits per heavy atom. The molecule has 0 aliphatic carbocycles. The van der Waals surface area contributed by atoms with Crippen molar-refractivity contribution in [1.82, 2.24) is 0 Å². The maximum Gasteiger partial charge on any atom is 0.404 e. The van der Waals surface area contributed by atoms with Gasteiger partial charge in [-0.1, -0.05) is 0 Å². The number of carbonyl (C=O) groups excluding carboxylic acids is 1. The highest BCUT2D eigenvalue weighted by Gasteiger charge is 1.82. The summed E-state index contributed by atoms with van der Waals surface area (Å²) in [5.41, 5.74) is 4.54. The molecule has 0 radical (unpaired) electrons. The topological polar surface area (TPSA) is 102 Å². The Morgan fingerprint density at radius 3 is 1.92 bits per heavy atom. The van der Waals surface area contributed by atoms with Crippen molar-refractivity contribution in [1.29, 1.82) is 0 Å². The molecular weight excluding hydrogens is 178 g/mol. The highest BCUT2D eigenvalue weighted by atomic mass is 16.5. The van der Waals surface area contributed by atoms with Gasteiger partial charge in [-0.25, -0.2) is 4.79 Å². The molecule has 0 saturated heterocycles. The fourth-order valence-electron chi connectivity index (χ4n) is 0.373. The fourth-order valence-corrected chi connectivity index (χ4v) is 0.373. The van der Waals surface area contributed by atoms with Gasteiger partial charge in [0.25, 0.3) is 0 Å². The number of carbonyl (C=O) groups is 1. The van der Waals surface area contributed by atoms with Crippen molar-refractivity contribution in [2.45, 2.75) is 6.92 Å². The minimum absolute atomic E-state index is 0.0278. The molecule has 0 bridgehead atoms. The minimum Gasteiger partial charge on any atom is -0.450 e. The summed E-state index contributed by atoms with van der Waals surface area (Å²) in [7, 11) is 0. The number of primary amides is 1. The number of aliphatic hydroxyl groups is 2. The van der Waals surface area contributed by atoms with Crippen LogP contribution in [0.25, 0.3) is 0 Å². The van der Waals surface area contributed by atoms with Gasteiger partial charge < -0.3 is 25.4 Å². The maximum atomic E-state index is 9.60. The Labute approximate surface area is 77.3 Å². The first-order valence-corrected chi connectivity index (χ1v) is 3.90. The zero-order chi connectivity index (χ0) is 10.5. The molecule has 4 N–H and O–H groups in total. The van der Waals surface area contributed by atoms with E-state index in [1.54, 1.807) is 6.92 Å². The number of hydrogen-bond donors (Lipinski definition) is 3. The summed E-state index contributed by atoms with van der Waals surface area (Å²) in [6.07, 6.45) is -0.711. The predicted molar refractivity (Wildman–Crippen MR) is 46.2 cm³/mol. The quantitative estimate of drug-likeness (QED) is 0.493. The van der Waals surface area contributed by atoms with E-state index in [4.69, 9.17) is 10.2 Å². The molecule has 0 fully saturated rings. The van der Waals surface area contributed by atoms with E-state index in [9.17, 15) is 4.79 Å². The first-order chi connectivity index (χ1) is 6.18. The molecule has 80 valence electrons. The van der Waals surface area contributed by atoms with Crippen LogP contribution in [0.3, 0.4) is 0 Å². The second-order valence-corrected chi connectivity index (χ2v) is 1.81. The first-order valence-electron chi connectivity index (χ1n) is 3.90. The van der Waals surface area contributed by atoms with Gasteiger partial charge in [0.1, 0.15) is 0 Å². The average molecular weight is 195 g/mol. The number of ether oxygens (including phenoxy) is 2. The normalized spacial score (nSPS) is 8.54. The molecule has 0 aromatic rings. The third-order valence-corrected chi connectivity index (χ3v) is 0.758. The summed E-state index contributed by atoms with van der Waals surface area (Å²) in [5.74, 6) is 0. The van der Waals surface area contributed by atoms with Gasteiger partial charge >= 0.3 is 6.09 Å². The Morgan fingerprint density at radius 2 is 1.77 bits per heavy atom. The van der Waals surface area contributed by atoms with Gasteiger partial charge in [-0.05, 0) is 6.92 Å². The first kappa shape index (κ1) is 14.7. The number of nitrogens with two attached hydrogens (primary N) is 1. The van der Waals surface area contributed by atoms with Gasteiger partial charge in [-0.2, -0.15) is 0 Å². The minimum atomic E-state index is -0.711. The molecule has 0 aromatic heterocycles. The predicted octanol–water partition coefficient (Wildman–Crippen LogP) is -0.911. The molecular formula is C7H17NO5. The molecule has 0 atom stereocenters. The van der Waals surface area contributed by atoms with Crippen LogP contribution in [0.2, 0.25) is 0 Å². The van der Waals surface area contributed by atoms with Crippen LogP contribution in [0, 0.1) is 0 Å². The van der Waals surface area contributed by atoms with Crippen LogP contribution < -0.4 is 5.73 Å². The second-order valence-electron chi connectivity index (χ2n) is 1.81. The lowest BCUT2D eigenvalue weighted by atomic mass is 10.7. The van der Waals surface area contributed by atoms with Gasteiger partial charge in [-0.3, -0.25) is 0 Å². The highest BCUT2D eigenvalue weighted by Crippen LogP contribution is 1.68. The van der Waals surface area contributed by atoms with Gasteiger partial charge in [0.05, 0.1) is 33.0 Å². The van der Waals surface area contributed by atoms with E-state index in [2.05, 4.69) is 15.2 Å². The molecule has 0 heterocycles. The Kier molecular flexibility index (Phi) is 15.5. The Balaban J connectivity index is 0. The Bertz CT molecular complexity index is 105. The van der Waals surface area contributed by atoms with Crippen LogP contribution in [-0.4, -0.2) is 49.3 Å². The monoisotopic (exact) mass is 195 g/mol. The van der Waals surface area contributed by atoms with E-state index in [-0.39, 0.29) is 13.2 Å². The molecule has 0 rings (SSSR count). The van der Waals surface area contributed by atoms with Crippen molar-refractivity contribution in [3.05, 3.63) is 0 Å². The molecule has 6 nitrogen and oxygen atoms in total. The maximum absolute atomic E-state index is 9.60. The SMILES string of the molecule is CCOC(N)=O.OCCOCCO. The average Bonchev–Trinajstić information content (AvgIpc) is 2.06. The summed E-state index contributed by atoms with van der Waals surface area (Å²) in [4.78, 5) is 9.60. The third kappa shape index (κ3) is 24.7. The van der Waals surface area contributed by atoms with Crippen molar-refractivity contribution >= 4 is 6.09 Å². The molecule has 0 aromatic carbocycles. The molecule has 0 aliphatic rings. The van der Waals surface area contributed by atoms with Gasteiger partial charge in [0.2, 0.25) is 0 Å². The molecule has 1 amide bonds. The van der Waals surface area contributed by atoms with Crippen LogP contribution in [0.4, 0.5) is 4.79 Å². The van der Waals surface area contributed by atoms with E-state index < -0.39 is 6.09 Å². The van der Waals surface area contributed by atoms with E-state index >= 15 is 0 Å². The van der Waals surface area contributed by atoms with Crippen molar-refractivity contribution in [3.8, 4) is 0 Å². The van der Waals surface area contributed by atoms with Crippen LogP contribution in [0.1, 0.15) is 6.92 Å². The second kappa shape index (κ2) is 13.7. The van der Waals surface area contributed by atoms with Crippen molar-refractivity contribution in [2.24, 2.45) is 5.73 Å². The lowest BCUT2D eigenvalue weighted by Crippen LogP contribution is -2.11. The van der Waals surface area contributed by atoms with Crippen molar-refractivity contribution in [2.75, 3.05) is 33.0 Å². The molecule has 13 heavy (non-hydrogen) atoms. The number of rotatable bonds is 5. The van der Waals surface area contributed by atoms with E-state index in [1.807, 2.05) is 0 Å². The summed E-state index contributed by atoms with van der Waals surface area (Å²) in [5, 5.41) is 16.2. The molecule has 0 saturated carbocycles. The van der Waals surface area contributed by atoms with E-state index in [1.165, 1.54) is 0 Å². The smallest absolute Gasteiger partial charge is 0.404 e. The fraction of sp³-hybridized carbons (Fsp3) is 0.857. The lowest BCUT2D eigenvalue weighted by Gasteiger charge is -1.94. The standard InChI is InChI=1S/C4H10O3.C3H7NO2/c5-1-3-7-4-2-6;1-2-6-3(4)5/h5-6H,1-4H2;2H2,1H3,(H2,4,5).